The molecule has 0 spiro atoms. The normalized spacial score (nSPS) is 14.4. The number of nitrogens with one attached hydrogen (secondary N) is 3. The monoisotopic (exact) mass is 395 g/mol. The molecule has 0 atom stereocenters. The van der Waals surface area contributed by atoms with E-state index in [1.807, 2.05) is 18.2 Å². The van der Waals surface area contributed by atoms with Crippen LogP contribution in [0.25, 0.3) is 0 Å². The van der Waals surface area contributed by atoms with Crippen molar-refractivity contribution in [2.75, 3.05) is 7.05 Å². The lowest BCUT2D eigenvalue weighted by Crippen LogP contribution is -2.24. The van der Waals surface area contributed by atoms with Crippen molar-refractivity contribution in [2.24, 2.45) is 0 Å². The van der Waals surface area contributed by atoms with E-state index in [2.05, 4.69) is 14.8 Å². The highest BCUT2D eigenvalue weighted by Crippen LogP contribution is 2.20. The zero-order valence-corrected chi connectivity index (χ0v) is 16.2. The molecule has 3 rings (SSSR count). The van der Waals surface area contributed by atoms with Crippen molar-refractivity contribution >= 4 is 20.0 Å². The second-order valence-electron chi connectivity index (χ2n) is 6.17. The Morgan fingerprint density at radius 1 is 0.962 bits per heavy atom. The Kier molecular flexibility index (Phi) is 5.18. The average molecular weight is 396 g/mol. The van der Waals surface area contributed by atoms with E-state index in [0.717, 1.165) is 18.7 Å². The van der Waals surface area contributed by atoms with E-state index in [1.165, 1.54) is 36.4 Å². The summed E-state index contributed by atoms with van der Waals surface area (Å²) in [5.41, 5.74) is 3.65. The first-order valence-corrected chi connectivity index (χ1v) is 11.0. The van der Waals surface area contributed by atoms with Crippen LogP contribution in [-0.2, 0) is 39.7 Å². The van der Waals surface area contributed by atoms with Crippen LogP contribution >= 0.6 is 0 Å². The number of fused-ring (bicyclic) bond motifs is 1. The lowest BCUT2D eigenvalue weighted by atomic mass is 10.1. The molecule has 0 saturated carbocycles. The zero-order valence-electron chi connectivity index (χ0n) is 14.5. The molecule has 1 heterocycles. The maximum atomic E-state index is 12.5. The maximum Gasteiger partial charge on any atom is 0.240 e. The van der Waals surface area contributed by atoms with Gasteiger partial charge in [-0.05, 0) is 54.4 Å². The van der Waals surface area contributed by atoms with Gasteiger partial charge < -0.3 is 5.32 Å². The highest BCUT2D eigenvalue weighted by molar-refractivity contribution is 7.90. The van der Waals surface area contributed by atoms with Gasteiger partial charge in [-0.1, -0.05) is 18.2 Å². The van der Waals surface area contributed by atoms with Crippen LogP contribution in [0.2, 0.25) is 0 Å². The van der Waals surface area contributed by atoms with E-state index in [4.69, 9.17) is 0 Å². The molecule has 1 aliphatic rings. The second kappa shape index (κ2) is 7.09. The summed E-state index contributed by atoms with van der Waals surface area (Å²) in [5, 5.41) is 3.25. The molecule has 7 nitrogen and oxygen atoms in total. The summed E-state index contributed by atoms with van der Waals surface area (Å²) in [6.45, 7) is 3.36. The summed E-state index contributed by atoms with van der Waals surface area (Å²) in [4.78, 5) is 0.0953. The van der Waals surface area contributed by atoms with Crippen LogP contribution in [0.4, 0.5) is 0 Å². The second-order valence-corrected chi connectivity index (χ2v) is 9.79. The van der Waals surface area contributed by atoms with Gasteiger partial charge in [0.2, 0.25) is 20.0 Å². The van der Waals surface area contributed by atoms with Gasteiger partial charge in [-0.2, -0.15) is 0 Å². The summed E-state index contributed by atoms with van der Waals surface area (Å²) >= 11 is 0. The Hall–Kier alpha value is -1.78. The Morgan fingerprint density at radius 2 is 1.69 bits per heavy atom. The minimum atomic E-state index is -3.74. The Balaban J connectivity index is 1.79. The molecule has 1 aliphatic heterocycles. The van der Waals surface area contributed by atoms with Gasteiger partial charge in [-0.25, -0.2) is 26.3 Å². The Bertz CT molecular complexity index is 1050. The number of benzene rings is 2. The molecule has 0 radical (unpaired) electrons. The first kappa shape index (κ1) is 19.0. The van der Waals surface area contributed by atoms with E-state index in [1.54, 1.807) is 6.92 Å². The quantitative estimate of drug-likeness (QED) is 0.677. The van der Waals surface area contributed by atoms with Crippen molar-refractivity contribution in [1.29, 1.82) is 0 Å². The van der Waals surface area contributed by atoms with Crippen LogP contribution in [0.15, 0.2) is 46.2 Å². The summed E-state index contributed by atoms with van der Waals surface area (Å²) in [6, 6.07) is 9.86. The van der Waals surface area contributed by atoms with Gasteiger partial charge in [-0.15, -0.1) is 0 Å². The third-order valence-corrected chi connectivity index (χ3v) is 7.36. The molecule has 0 bridgehead atoms. The topological polar surface area (TPSA) is 104 Å². The third kappa shape index (κ3) is 3.81. The highest BCUT2D eigenvalue weighted by atomic mass is 32.2. The van der Waals surface area contributed by atoms with Gasteiger partial charge in [0, 0.05) is 19.6 Å². The Labute approximate surface area is 153 Å². The molecule has 0 aliphatic carbocycles. The smallest absolute Gasteiger partial charge is 0.240 e. The number of aryl methyl sites for hydroxylation is 1. The van der Waals surface area contributed by atoms with Gasteiger partial charge in [0.05, 0.1) is 9.79 Å². The molecule has 0 saturated heterocycles. The molecule has 0 unspecified atom stereocenters. The summed E-state index contributed by atoms with van der Waals surface area (Å²) in [5.74, 6) is 0. The standard InChI is InChI=1S/C17H21N3O4S2/c1-12-7-16(5-6-17(12)26(23,24)18-2)25(21,22)20-9-13-3-4-14-10-19-11-15(14)8-13/h3-8,18-20H,9-11H2,1-2H3. The lowest BCUT2D eigenvalue weighted by Gasteiger charge is -2.11. The van der Waals surface area contributed by atoms with E-state index < -0.39 is 20.0 Å². The van der Waals surface area contributed by atoms with E-state index in [-0.39, 0.29) is 16.3 Å². The Morgan fingerprint density at radius 3 is 2.38 bits per heavy atom. The molecule has 2 aromatic carbocycles. The summed E-state index contributed by atoms with van der Waals surface area (Å²) in [6.07, 6.45) is 0. The van der Waals surface area contributed by atoms with Crippen molar-refractivity contribution in [3.8, 4) is 0 Å². The molecule has 2 aromatic rings. The fourth-order valence-corrected chi connectivity index (χ4v) is 4.97. The summed E-state index contributed by atoms with van der Waals surface area (Å²) in [7, 11) is -6.06. The molecule has 0 amide bonds. The summed E-state index contributed by atoms with van der Waals surface area (Å²) < 4.78 is 53.7. The predicted molar refractivity (Wildman–Crippen MR) is 98.4 cm³/mol. The third-order valence-electron chi connectivity index (χ3n) is 4.38. The largest absolute Gasteiger partial charge is 0.309 e. The highest BCUT2D eigenvalue weighted by Gasteiger charge is 2.20. The lowest BCUT2D eigenvalue weighted by molar-refractivity contribution is 0.579. The van der Waals surface area contributed by atoms with Gasteiger partial charge in [0.25, 0.3) is 0 Å². The first-order chi connectivity index (χ1) is 12.2. The van der Waals surface area contributed by atoms with Crippen molar-refractivity contribution in [3.05, 3.63) is 58.7 Å². The SMILES string of the molecule is CNS(=O)(=O)c1ccc(S(=O)(=O)NCc2ccc3c(c2)CNC3)cc1C. The predicted octanol–water partition coefficient (Wildman–Crippen LogP) is 0.985. The van der Waals surface area contributed by atoms with Gasteiger partial charge >= 0.3 is 0 Å². The fraction of sp³-hybridized carbons (Fsp3) is 0.294. The maximum absolute atomic E-state index is 12.5. The zero-order chi connectivity index (χ0) is 18.9. The minimum absolute atomic E-state index is 0.0351. The number of rotatable bonds is 6. The number of hydrogen-bond donors (Lipinski definition) is 3. The van der Waals surface area contributed by atoms with Crippen LogP contribution in [0.5, 0.6) is 0 Å². The molecular formula is C17H21N3O4S2. The molecule has 0 fully saturated rings. The molecule has 9 heteroatoms. The molecular weight excluding hydrogens is 374 g/mol. The number of hydrogen-bond acceptors (Lipinski definition) is 5. The van der Waals surface area contributed by atoms with Gasteiger partial charge in [-0.3, -0.25) is 0 Å². The van der Waals surface area contributed by atoms with Crippen LogP contribution in [0.1, 0.15) is 22.3 Å². The van der Waals surface area contributed by atoms with E-state index in [0.29, 0.717) is 5.56 Å². The average Bonchev–Trinajstić information content (AvgIpc) is 3.07. The number of sulfonamides is 2. The van der Waals surface area contributed by atoms with Crippen molar-refractivity contribution in [1.82, 2.24) is 14.8 Å². The van der Waals surface area contributed by atoms with Crippen molar-refractivity contribution in [2.45, 2.75) is 36.3 Å². The van der Waals surface area contributed by atoms with Crippen LogP contribution in [0.3, 0.4) is 0 Å². The van der Waals surface area contributed by atoms with Gasteiger partial charge in [0.15, 0.2) is 0 Å². The molecule has 0 aromatic heterocycles. The fourth-order valence-electron chi connectivity index (χ4n) is 2.92. The van der Waals surface area contributed by atoms with E-state index in [9.17, 15) is 16.8 Å². The molecule has 3 N–H and O–H groups in total. The molecule has 140 valence electrons. The van der Waals surface area contributed by atoms with Crippen molar-refractivity contribution in [3.63, 3.8) is 0 Å². The van der Waals surface area contributed by atoms with Crippen LogP contribution < -0.4 is 14.8 Å². The minimum Gasteiger partial charge on any atom is -0.309 e. The van der Waals surface area contributed by atoms with Crippen LogP contribution in [-0.4, -0.2) is 23.9 Å². The molecule has 26 heavy (non-hydrogen) atoms. The van der Waals surface area contributed by atoms with E-state index >= 15 is 0 Å². The van der Waals surface area contributed by atoms with Crippen molar-refractivity contribution < 1.29 is 16.8 Å². The van der Waals surface area contributed by atoms with Gasteiger partial charge in [0.1, 0.15) is 0 Å². The first-order valence-electron chi connectivity index (χ1n) is 8.08. The van der Waals surface area contributed by atoms with Crippen LogP contribution in [0, 0.1) is 6.92 Å².